The molecule has 144 valence electrons. The molecule has 1 N–H and O–H groups in total. The molecule has 4 heterocycles. The molecule has 0 amide bonds. The molecule has 2 aromatic heterocycles. The van der Waals surface area contributed by atoms with Crippen molar-refractivity contribution in [1.29, 1.82) is 0 Å². The third kappa shape index (κ3) is 4.86. The second-order valence-corrected chi connectivity index (χ2v) is 7.37. The lowest BCUT2D eigenvalue weighted by Gasteiger charge is -2.33. The van der Waals surface area contributed by atoms with Crippen LogP contribution in [0.2, 0.25) is 5.15 Å². The number of hydrogen-bond acceptors (Lipinski definition) is 7. The smallest absolute Gasteiger partial charge is 0.227 e. The van der Waals surface area contributed by atoms with Gasteiger partial charge in [0.15, 0.2) is 0 Å². The summed E-state index contributed by atoms with van der Waals surface area (Å²) in [4.78, 5) is 17.9. The summed E-state index contributed by atoms with van der Waals surface area (Å²) in [5.41, 5.74) is 1.08. The van der Waals surface area contributed by atoms with Crippen LogP contribution in [0, 0.1) is 0 Å². The van der Waals surface area contributed by atoms with Gasteiger partial charge < -0.3 is 15.0 Å². The molecule has 1 unspecified atom stereocenters. The molecule has 0 aliphatic carbocycles. The van der Waals surface area contributed by atoms with Gasteiger partial charge in [0.25, 0.3) is 0 Å². The van der Waals surface area contributed by atoms with Crippen molar-refractivity contribution in [3.63, 3.8) is 0 Å². The Labute approximate surface area is 164 Å². The molecule has 4 rings (SSSR count). The standard InChI is InChI=1S/C19H25ClN6O/c20-18-15(3-1-6-21-18)13-25-8-2-4-16(14-25)23-17-5-7-22-19(24-17)26-9-11-27-12-10-26/h1,3,5-7,16H,2,4,8-14H2,(H,22,23,24). The van der Waals surface area contributed by atoms with E-state index < -0.39 is 0 Å². The molecule has 0 saturated carbocycles. The predicted octanol–water partition coefficient (Wildman–Crippen LogP) is 2.44. The number of piperidine rings is 1. The minimum absolute atomic E-state index is 0.363. The predicted molar refractivity (Wildman–Crippen MR) is 106 cm³/mol. The summed E-state index contributed by atoms with van der Waals surface area (Å²) < 4.78 is 5.41. The fourth-order valence-corrected chi connectivity index (χ4v) is 3.83. The van der Waals surface area contributed by atoms with Crippen LogP contribution >= 0.6 is 11.6 Å². The molecule has 7 nitrogen and oxygen atoms in total. The highest BCUT2D eigenvalue weighted by Crippen LogP contribution is 2.20. The van der Waals surface area contributed by atoms with Crippen LogP contribution in [0.4, 0.5) is 11.8 Å². The zero-order chi connectivity index (χ0) is 18.5. The highest BCUT2D eigenvalue weighted by atomic mass is 35.5. The van der Waals surface area contributed by atoms with Crippen molar-refractivity contribution < 1.29 is 4.74 Å². The largest absolute Gasteiger partial charge is 0.378 e. The number of rotatable bonds is 5. The maximum Gasteiger partial charge on any atom is 0.227 e. The number of nitrogens with zero attached hydrogens (tertiary/aromatic N) is 5. The Morgan fingerprint density at radius 1 is 1.15 bits per heavy atom. The van der Waals surface area contributed by atoms with E-state index in [0.29, 0.717) is 11.2 Å². The molecule has 1 atom stereocenters. The molecule has 8 heteroatoms. The lowest BCUT2D eigenvalue weighted by atomic mass is 10.1. The van der Waals surface area contributed by atoms with Crippen molar-refractivity contribution >= 4 is 23.4 Å². The van der Waals surface area contributed by atoms with Gasteiger partial charge in [0, 0.05) is 50.2 Å². The van der Waals surface area contributed by atoms with E-state index in [0.717, 1.165) is 76.1 Å². The Morgan fingerprint density at radius 3 is 2.89 bits per heavy atom. The van der Waals surface area contributed by atoms with E-state index in [4.69, 9.17) is 21.3 Å². The Morgan fingerprint density at radius 2 is 2.04 bits per heavy atom. The number of morpholine rings is 1. The summed E-state index contributed by atoms with van der Waals surface area (Å²) in [6.07, 6.45) is 5.84. The van der Waals surface area contributed by atoms with Gasteiger partial charge in [-0.1, -0.05) is 17.7 Å². The Balaban J connectivity index is 1.37. The van der Waals surface area contributed by atoms with E-state index in [1.807, 2.05) is 24.4 Å². The first-order valence-electron chi connectivity index (χ1n) is 9.52. The lowest BCUT2D eigenvalue weighted by Crippen LogP contribution is -2.42. The number of aromatic nitrogens is 3. The van der Waals surface area contributed by atoms with Crippen LogP contribution in [0.1, 0.15) is 18.4 Å². The number of pyridine rings is 1. The molecule has 27 heavy (non-hydrogen) atoms. The second-order valence-electron chi connectivity index (χ2n) is 7.01. The molecular formula is C19H25ClN6O. The van der Waals surface area contributed by atoms with E-state index in [1.54, 1.807) is 6.20 Å². The monoisotopic (exact) mass is 388 g/mol. The van der Waals surface area contributed by atoms with Crippen LogP contribution in [0.5, 0.6) is 0 Å². The molecular weight excluding hydrogens is 364 g/mol. The fraction of sp³-hybridized carbons (Fsp3) is 0.526. The molecule has 2 fully saturated rings. The van der Waals surface area contributed by atoms with Gasteiger partial charge in [-0.25, -0.2) is 9.97 Å². The first-order valence-corrected chi connectivity index (χ1v) is 9.90. The SMILES string of the molecule is Clc1ncccc1CN1CCCC(Nc2ccnc(N3CCOCC3)n2)C1. The van der Waals surface area contributed by atoms with Crippen LogP contribution in [0.15, 0.2) is 30.6 Å². The van der Waals surface area contributed by atoms with Gasteiger partial charge in [-0.05, 0) is 31.5 Å². The van der Waals surface area contributed by atoms with Gasteiger partial charge in [-0.15, -0.1) is 0 Å². The van der Waals surface area contributed by atoms with Crippen LogP contribution < -0.4 is 10.2 Å². The van der Waals surface area contributed by atoms with Crippen molar-refractivity contribution in [2.45, 2.75) is 25.4 Å². The summed E-state index contributed by atoms with van der Waals surface area (Å²) >= 11 is 6.22. The van der Waals surface area contributed by atoms with Crippen LogP contribution in [0.3, 0.4) is 0 Å². The summed E-state index contributed by atoms with van der Waals surface area (Å²) in [5, 5.41) is 4.19. The molecule has 0 radical (unpaired) electrons. The van der Waals surface area contributed by atoms with Crippen LogP contribution in [0.25, 0.3) is 0 Å². The molecule has 2 aliphatic heterocycles. The number of halogens is 1. The summed E-state index contributed by atoms with van der Waals surface area (Å²) in [7, 11) is 0. The van der Waals surface area contributed by atoms with Gasteiger partial charge in [-0.3, -0.25) is 4.90 Å². The maximum atomic E-state index is 6.22. The van der Waals surface area contributed by atoms with E-state index in [1.165, 1.54) is 0 Å². The molecule has 2 aliphatic rings. The van der Waals surface area contributed by atoms with Crippen molar-refractivity contribution in [2.75, 3.05) is 49.6 Å². The van der Waals surface area contributed by atoms with E-state index in [-0.39, 0.29) is 0 Å². The van der Waals surface area contributed by atoms with E-state index >= 15 is 0 Å². The van der Waals surface area contributed by atoms with Gasteiger partial charge in [-0.2, -0.15) is 4.98 Å². The van der Waals surface area contributed by atoms with E-state index in [2.05, 4.69) is 25.1 Å². The normalized spacial score (nSPS) is 21.2. The Kier molecular flexibility index (Phi) is 6.01. The zero-order valence-corrected chi connectivity index (χ0v) is 16.1. The van der Waals surface area contributed by atoms with Gasteiger partial charge in [0.1, 0.15) is 11.0 Å². The lowest BCUT2D eigenvalue weighted by molar-refractivity contribution is 0.122. The number of nitrogens with one attached hydrogen (secondary N) is 1. The number of ether oxygens (including phenoxy) is 1. The zero-order valence-electron chi connectivity index (χ0n) is 15.4. The third-order valence-electron chi connectivity index (χ3n) is 5.02. The topological polar surface area (TPSA) is 66.4 Å². The molecule has 0 spiro atoms. The number of likely N-dealkylation sites (tertiary alicyclic amines) is 1. The quantitative estimate of drug-likeness (QED) is 0.789. The number of hydrogen-bond donors (Lipinski definition) is 1. The first kappa shape index (κ1) is 18.4. The Bertz CT molecular complexity index is 754. The summed E-state index contributed by atoms with van der Waals surface area (Å²) in [6, 6.07) is 6.29. The van der Waals surface area contributed by atoms with Crippen molar-refractivity contribution in [3.8, 4) is 0 Å². The molecule has 0 aromatic carbocycles. The average molecular weight is 389 g/mol. The third-order valence-corrected chi connectivity index (χ3v) is 5.36. The average Bonchev–Trinajstić information content (AvgIpc) is 2.71. The van der Waals surface area contributed by atoms with Gasteiger partial charge in [0.05, 0.1) is 13.2 Å². The summed E-state index contributed by atoms with van der Waals surface area (Å²) in [6.45, 7) is 6.01. The van der Waals surface area contributed by atoms with Gasteiger partial charge in [0.2, 0.25) is 5.95 Å². The second kappa shape index (κ2) is 8.82. The van der Waals surface area contributed by atoms with Crippen molar-refractivity contribution in [1.82, 2.24) is 19.9 Å². The maximum absolute atomic E-state index is 6.22. The molecule has 2 saturated heterocycles. The minimum atomic E-state index is 0.363. The highest BCUT2D eigenvalue weighted by molar-refractivity contribution is 6.30. The first-order chi connectivity index (χ1) is 13.3. The highest BCUT2D eigenvalue weighted by Gasteiger charge is 2.21. The van der Waals surface area contributed by atoms with Crippen LogP contribution in [-0.4, -0.2) is 65.3 Å². The van der Waals surface area contributed by atoms with Crippen molar-refractivity contribution in [2.24, 2.45) is 0 Å². The summed E-state index contributed by atoms with van der Waals surface area (Å²) in [5.74, 6) is 1.66. The van der Waals surface area contributed by atoms with Crippen molar-refractivity contribution in [3.05, 3.63) is 41.3 Å². The van der Waals surface area contributed by atoms with Crippen LogP contribution in [-0.2, 0) is 11.3 Å². The number of anilines is 2. The molecule has 0 bridgehead atoms. The molecule has 2 aromatic rings. The van der Waals surface area contributed by atoms with E-state index in [9.17, 15) is 0 Å². The fourth-order valence-electron chi connectivity index (χ4n) is 3.65. The van der Waals surface area contributed by atoms with Gasteiger partial charge >= 0.3 is 0 Å². The minimum Gasteiger partial charge on any atom is -0.378 e. The Hall–Kier alpha value is -1.96.